The van der Waals surface area contributed by atoms with Gasteiger partial charge in [-0.05, 0) is 33.8 Å². The molecule has 2 aliphatic rings. The van der Waals surface area contributed by atoms with Gasteiger partial charge in [-0.2, -0.15) is 0 Å². The van der Waals surface area contributed by atoms with Crippen molar-refractivity contribution in [3.8, 4) is 5.75 Å². The number of cyclic esters (lactones) is 1. The van der Waals surface area contributed by atoms with Crippen molar-refractivity contribution in [2.45, 2.75) is 58.5 Å². The van der Waals surface area contributed by atoms with Crippen LogP contribution in [0.4, 0.5) is 0 Å². The van der Waals surface area contributed by atoms with Crippen LogP contribution in [-0.4, -0.2) is 30.1 Å². The fourth-order valence-electron chi connectivity index (χ4n) is 2.58. The summed E-state index contributed by atoms with van der Waals surface area (Å²) in [6, 6.07) is 5.39. The fraction of sp³-hybridized carbons (Fsp3) is 0.562. The minimum Gasteiger partial charge on any atom is -0.452 e. The van der Waals surface area contributed by atoms with Gasteiger partial charge >= 0.3 is 13.1 Å². The Kier molecular flexibility index (Phi) is 3.14. The molecule has 0 radical (unpaired) electrons. The molecule has 1 aromatic rings. The summed E-state index contributed by atoms with van der Waals surface area (Å²) >= 11 is 0. The standard InChI is InChI=1S/C16H21BO5/c1-14(2)15(3,4)22-17(21-14)10-8-7-9-11-12(10)13(18)20-16(5,6)19-11/h7-9H,1-6H3. The first-order chi connectivity index (χ1) is 10.0. The summed E-state index contributed by atoms with van der Waals surface area (Å²) in [5.74, 6) is -0.899. The van der Waals surface area contributed by atoms with E-state index in [1.54, 1.807) is 19.9 Å². The van der Waals surface area contributed by atoms with E-state index in [1.807, 2.05) is 39.8 Å². The molecule has 0 saturated carbocycles. The molecule has 0 aromatic heterocycles. The predicted octanol–water partition coefficient (Wildman–Crippen LogP) is 2.27. The van der Waals surface area contributed by atoms with Crippen LogP contribution in [0.3, 0.4) is 0 Å². The van der Waals surface area contributed by atoms with Crippen LogP contribution in [0.1, 0.15) is 51.9 Å². The Morgan fingerprint density at radius 2 is 1.50 bits per heavy atom. The second-order valence-corrected chi connectivity index (χ2v) is 7.20. The third kappa shape index (κ3) is 2.30. The van der Waals surface area contributed by atoms with Crippen molar-refractivity contribution in [2.24, 2.45) is 0 Å². The minimum atomic E-state index is -0.974. The maximum absolute atomic E-state index is 12.4. The molecule has 0 bridgehead atoms. The lowest BCUT2D eigenvalue weighted by molar-refractivity contribution is -0.127. The van der Waals surface area contributed by atoms with Gasteiger partial charge in [0.15, 0.2) is 0 Å². The Hall–Kier alpha value is -1.53. The van der Waals surface area contributed by atoms with Gasteiger partial charge in [0.1, 0.15) is 11.3 Å². The van der Waals surface area contributed by atoms with Crippen LogP contribution in [0, 0.1) is 0 Å². The molecule has 6 heteroatoms. The van der Waals surface area contributed by atoms with Gasteiger partial charge in [-0.3, -0.25) is 0 Å². The third-order valence-electron chi connectivity index (χ3n) is 4.46. The number of benzene rings is 1. The second-order valence-electron chi connectivity index (χ2n) is 7.20. The molecule has 0 spiro atoms. The number of hydrogen-bond acceptors (Lipinski definition) is 5. The van der Waals surface area contributed by atoms with Gasteiger partial charge in [0.2, 0.25) is 5.79 Å². The summed E-state index contributed by atoms with van der Waals surface area (Å²) in [5.41, 5.74) is 0.0648. The van der Waals surface area contributed by atoms with E-state index >= 15 is 0 Å². The van der Waals surface area contributed by atoms with Gasteiger partial charge in [-0.15, -0.1) is 0 Å². The van der Waals surface area contributed by atoms with E-state index in [9.17, 15) is 4.79 Å². The minimum absolute atomic E-state index is 0.375. The molecule has 0 atom stereocenters. The average Bonchev–Trinajstić information content (AvgIpc) is 2.56. The van der Waals surface area contributed by atoms with Gasteiger partial charge < -0.3 is 18.8 Å². The van der Waals surface area contributed by atoms with Gasteiger partial charge in [-0.1, -0.05) is 12.1 Å². The topological polar surface area (TPSA) is 54.0 Å². The van der Waals surface area contributed by atoms with Crippen LogP contribution in [0.15, 0.2) is 18.2 Å². The lowest BCUT2D eigenvalue weighted by Gasteiger charge is -2.32. The molecule has 1 fully saturated rings. The second kappa shape index (κ2) is 4.49. The molecular formula is C16H21BO5. The number of hydrogen-bond donors (Lipinski definition) is 0. The van der Waals surface area contributed by atoms with E-state index in [1.165, 1.54) is 0 Å². The third-order valence-corrected chi connectivity index (χ3v) is 4.46. The zero-order valence-corrected chi connectivity index (χ0v) is 13.9. The molecule has 2 aliphatic heterocycles. The molecule has 1 aromatic carbocycles. The molecule has 1 saturated heterocycles. The molecule has 0 aliphatic carbocycles. The highest BCUT2D eigenvalue weighted by atomic mass is 16.7. The van der Waals surface area contributed by atoms with Crippen molar-refractivity contribution in [2.75, 3.05) is 0 Å². The Labute approximate surface area is 131 Å². The molecule has 22 heavy (non-hydrogen) atoms. The molecule has 0 unspecified atom stereocenters. The molecule has 0 amide bonds. The van der Waals surface area contributed by atoms with Crippen LogP contribution in [0.25, 0.3) is 0 Å². The highest BCUT2D eigenvalue weighted by Gasteiger charge is 2.53. The van der Waals surface area contributed by atoms with E-state index in [2.05, 4.69) is 0 Å². The molecule has 0 N–H and O–H groups in total. The quantitative estimate of drug-likeness (QED) is 0.588. The van der Waals surface area contributed by atoms with Crippen LogP contribution in [-0.2, 0) is 14.0 Å². The monoisotopic (exact) mass is 304 g/mol. The summed E-state index contributed by atoms with van der Waals surface area (Å²) in [6.07, 6.45) is 0. The number of fused-ring (bicyclic) bond motifs is 1. The SMILES string of the molecule is CC1(C)OC(=O)c2c(cccc2B2OC(C)(C)C(C)(C)O2)O1. The van der Waals surface area contributed by atoms with Crippen molar-refractivity contribution in [3.05, 3.63) is 23.8 Å². The van der Waals surface area contributed by atoms with Gasteiger partial charge in [0.25, 0.3) is 0 Å². The van der Waals surface area contributed by atoms with Crippen molar-refractivity contribution < 1.29 is 23.6 Å². The lowest BCUT2D eigenvalue weighted by atomic mass is 9.75. The highest BCUT2D eigenvalue weighted by molar-refractivity contribution is 6.63. The smallest absolute Gasteiger partial charge is 0.452 e. The lowest BCUT2D eigenvalue weighted by Crippen LogP contribution is -2.45. The number of ether oxygens (including phenoxy) is 2. The van der Waals surface area contributed by atoms with Crippen LogP contribution < -0.4 is 10.2 Å². The maximum Gasteiger partial charge on any atom is 0.495 e. The number of esters is 1. The van der Waals surface area contributed by atoms with Crippen molar-refractivity contribution in [1.29, 1.82) is 0 Å². The Bertz CT molecular complexity index is 619. The Morgan fingerprint density at radius 1 is 0.909 bits per heavy atom. The van der Waals surface area contributed by atoms with Gasteiger partial charge in [0, 0.05) is 19.3 Å². The number of carbonyl (C=O) groups excluding carboxylic acids is 1. The normalized spacial score (nSPS) is 24.5. The summed E-state index contributed by atoms with van der Waals surface area (Å²) < 4.78 is 23.1. The first-order valence-electron chi connectivity index (χ1n) is 7.43. The number of rotatable bonds is 1. The van der Waals surface area contributed by atoms with Crippen LogP contribution in [0.2, 0.25) is 0 Å². The van der Waals surface area contributed by atoms with E-state index in [0.29, 0.717) is 16.8 Å². The van der Waals surface area contributed by atoms with Gasteiger partial charge in [0.05, 0.1) is 11.2 Å². The predicted molar refractivity (Wildman–Crippen MR) is 82.3 cm³/mol. The summed E-state index contributed by atoms with van der Waals surface area (Å²) in [6.45, 7) is 11.3. The Morgan fingerprint density at radius 3 is 2.09 bits per heavy atom. The molecule has 3 rings (SSSR count). The average molecular weight is 304 g/mol. The first-order valence-corrected chi connectivity index (χ1v) is 7.43. The maximum atomic E-state index is 12.4. The van der Waals surface area contributed by atoms with Gasteiger partial charge in [-0.25, -0.2) is 4.79 Å². The zero-order valence-electron chi connectivity index (χ0n) is 13.9. The first kappa shape index (κ1) is 15.4. The van der Waals surface area contributed by atoms with Crippen molar-refractivity contribution in [1.82, 2.24) is 0 Å². The molecule has 5 nitrogen and oxygen atoms in total. The van der Waals surface area contributed by atoms with E-state index in [4.69, 9.17) is 18.8 Å². The van der Waals surface area contributed by atoms with E-state index in [-0.39, 0.29) is 0 Å². The van der Waals surface area contributed by atoms with Crippen molar-refractivity contribution >= 4 is 18.6 Å². The fourth-order valence-corrected chi connectivity index (χ4v) is 2.58. The van der Waals surface area contributed by atoms with E-state index < -0.39 is 30.1 Å². The summed E-state index contributed by atoms with van der Waals surface area (Å²) in [5, 5.41) is 0. The van der Waals surface area contributed by atoms with Crippen LogP contribution >= 0.6 is 0 Å². The van der Waals surface area contributed by atoms with Crippen LogP contribution in [0.5, 0.6) is 5.75 Å². The van der Waals surface area contributed by atoms with Crippen molar-refractivity contribution in [3.63, 3.8) is 0 Å². The summed E-state index contributed by atoms with van der Waals surface area (Å²) in [7, 11) is -0.627. The molecule has 2 heterocycles. The highest BCUT2D eigenvalue weighted by Crippen LogP contribution is 2.38. The Balaban J connectivity index is 2.03. The largest absolute Gasteiger partial charge is 0.495 e. The zero-order chi connectivity index (χ0) is 16.3. The molecular weight excluding hydrogens is 283 g/mol. The number of carbonyl (C=O) groups is 1. The van der Waals surface area contributed by atoms with E-state index in [0.717, 1.165) is 0 Å². The summed E-state index contributed by atoms with van der Waals surface area (Å²) in [4.78, 5) is 12.4. The molecule has 118 valence electrons.